The Balaban J connectivity index is 1.45. The summed E-state index contributed by atoms with van der Waals surface area (Å²) in [5.41, 5.74) is 6.12. The highest BCUT2D eigenvalue weighted by atomic mass is 16.5. The standard InChI is InChI=1S/C26H26N2O4/c1-17-13-18(2)25(19(3)14-17)28-23(29)15-27-24(30)16-32-26(31)22-11-9-21(10-12-22)20-7-5-4-6-8-20/h4-14H,15-16H2,1-3H3,(H,27,30)(H,28,29). The third kappa shape index (κ3) is 6.04. The van der Waals surface area contributed by atoms with Crippen molar-refractivity contribution in [2.45, 2.75) is 20.8 Å². The van der Waals surface area contributed by atoms with E-state index < -0.39 is 18.5 Å². The smallest absolute Gasteiger partial charge is 0.338 e. The normalized spacial score (nSPS) is 10.3. The lowest BCUT2D eigenvalue weighted by molar-refractivity contribution is -0.126. The fourth-order valence-electron chi connectivity index (χ4n) is 3.43. The maximum absolute atomic E-state index is 12.2. The van der Waals surface area contributed by atoms with Crippen LogP contribution in [0.25, 0.3) is 11.1 Å². The SMILES string of the molecule is Cc1cc(C)c(NC(=O)CNC(=O)COC(=O)c2ccc(-c3ccccc3)cc2)c(C)c1. The molecule has 3 aromatic carbocycles. The molecule has 0 bridgehead atoms. The van der Waals surface area contributed by atoms with Gasteiger partial charge in [0.15, 0.2) is 6.61 Å². The van der Waals surface area contributed by atoms with Crippen molar-refractivity contribution >= 4 is 23.5 Å². The summed E-state index contributed by atoms with van der Waals surface area (Å²) < 4.78 is 5.05. The molecule has 0 aliphatic heterocycles. The van der Waals surface area contributed by atoms with E-state index in [2.05, 4.69) is 10.6 Å². The Kier molecular flexibility index (Phi) is 7.39. The molecule has 0 aromatic heterocycles. The van der Waals surface area contributed by atoms with Gasteiger partial charge in [-0.2, -0.15) is 0 Å². The second-order valence-electron chi connectivity index (χ2n) is 7.62. The summed E-state index contributed by atoms with van der Waals surface area (Å²) >= 11 is 0. The molecule has 32 heavy (non-hydrogen) atoms. The predicted molar refractivity (Wildman–Crippen MR) is 124 cm³/mol. The Morgan fingerprint density at radius 1 is 0.781 bits per heavy atom. The number of rotatable bonds is 7. The Hall–Kier alpha value is -3.93. The number of carbonyl (C=O) groups is 3. The van der Waals surface area contributed by atoms with Crippen LogP contribution in [0.4, 0.5) is 5.69 Å². The third-order valence-electron chi connectivity index (χ3n) is 4.95. The molecule has 0 heterocycles. The molecular weight excluding hydrogens is 404 g/mol. The minimum atomic E-state index is -0.602. The number of benzene rings is 3. The molecule has 0 unspecified atom stereocenters. The highest BCUT2D eigenvalue weighted by Crippen LogP contribution is 2.22. The van der Waals surface area contributed by atoms with E-state index in [9.17, 15) is 14.4 Å². The summed E-state index contributed by atoms with van der Waals surface area (Å²) in [6.45, 7) is 5.15. The van der Waals surface area contributed by atoms with Crippen molar-refractivity contribution in [2.75, 3.05) is 18.5 Å². The molecule has 0 spiro atoms. The molecule has 0 radical (unpaired) electrons. The van der Waals surface area contributed by atoms with E-state index in [0.717, 1.165) is 33.5 Å². The van der Waals surface area contributed by atoms with Gasteiger partial charge in [-0.3, -0.25) is 9.59 Å². The Morgan fingerprint density at radius 2 is 1.38 bits per heavy atom. The zero-order chi connectivity index (χ0) is 23.1. The van der Waals surface area contributed by atoms with Crippen LogP contribution in [0.2, 0.25) is 0 Å². The number of amides is 2. The number of esters is 1. The summed E-state index contributed by atoms with van der Waals surface area (Å²) in [5, 5.41) is 5.27. The molecule has 0 aliphatic carbocycles. The number of aryl methyl sites for hydroxylation is 3. The van der Waals surface area contributed by atoms with Gasteiger partial charge in [-0.1, -0.05) is 60.2 Å². The average Bonchev–Trinajstić information content (AvgIpc) is 2.79. The van der Waals surface area contributed by atoms with Crippen LogP contribution in [0.15, 0.2) is 66.7 Å². The summed E-state index contributed by atoms with van der Waals surface area (Å²) in [6, 6.07) is 20.7. The topological polar surface area (TPSA) is 84.5 Å². The number of anilines is 1. The van der Waals surface area contributed by atoms with Crippen LogP contribution in [-0.2, 0) is 14.3 Å². The van der Waals surface area contributed by atoms with Gasteiger partial charge < -0.3 is 15.4 Å². The quantitative estimate of drug-likeness (QED) is 0.551. The first-order valence-electron chi connectivity index (χ1n) is 10.3. The van der Waals surface area contributed by atoms with Gasteiger partial charge in [-0.25, -0.2) is 4.79 Å². The first kappa shape index (κ1) is 22.7. The minimum absolute atomic E-state index is 0.213. The van der Waals surface area contributed by atoms with Crippen LogP contribution in [0.3, 0.4) is 0 Å². The first-order valence-corrected chi connectivity index (χ1v) is 10.3. The van der Waals surface area contributed by atoms with Gasteiger partial charge in [0.1, 0.15) is 0 Å². The zero-order valence-electron chi connectivity index (χ0n) is 18.4. The molecule has 2 N–H and O–H groups in total. The number of nitrogens with one attached hydrogen (secondary N) is 2. The summed E-state index contributed by atoms with van der Waals surface area (Å²) in [4.78, 5) is 36.4. The van der Waals surface area contributed by atoms with Crippen molar-refractivity contribution < 1.29 is 19.1 Å². The van der Waals surface area contributed by atoms with Crippen LogP contribution >= 0.6 is 0 Å². The highest BCUT2D eigenvalue weighted by Gasteiger charge is 2.13. The summed E-state index contributed by atoms with van der Waals surface area (Å²) in [5.74, 6) is -1.50. The maximum Gasteiger partial charge on any atom is 0.338 e. The number of hydrogen-bond acceptors (Lipinski definition) is 4. The van der Waals surface area contributed by atoms with Crippen molar-refractivity contribution in [3.05, 3.63) is 89.0 Å². The van der Waals surface area contributed by atoms with E-state index in [1.165, 1.54) is 0 Å². The van der Waals surface area contributed by atoms with Crippen molar-refractivity contribution in [3.8, 4) is 11.1 Å². The van der Waals surface area contributed by atoms with Crippen molar-refractivity contribution in [1.82, 2.24) is 5.32 Å². The molecular formula is C26H26N2O4. The lowest BCUT2D eigenvalue weighted by atomic mass is 10.0. The molecule has 3 aromatic rings. The minimum Gasteiger partial charge on any atom is -0.452 e. The molecule has 6 nitrogen and oxygen atoms in total. The number of ether oxygens (including phenoxy) is 1. The van der Waals surface area contributed by atoms with E-state index in [0.29, 0.717) is 5.56 Å². The van der Waals surface area contributed by atoms with Crippen molar-refractivity contribution in [3.63, 3.8) is 0 Å². The van der Waals surface area contributed by atoms with Gasteiger partial charge in [0.05, 0.1) is 12.1 Å². The van der Waals surface area contributed by atoms with E-state index in [1.807, 2.05) is 75.4 Å². The van der Waals surface area contributed by atoms with Crippen LogP contribution < -0.4 is 10.6 Å². The monoisotopic (exact) mass is 430 g/mol. The fraction of sp³-hybridized carbons (Fsp3) is 0.192. The molecule has 3 rings (SSSR count). The molecule has 0 atom stereocenters. The average molecular weight is 431 g/mol. The molecule has 6 heteroatoms. The predicted octanol–water partition coefficient (Wildman–Crippen LogP) is 4.19. The summed E-state index contributed by atoms with van der Waals surface area (Å²) in [7, 11) is 0. The second kappa shape index (κ2) is 10.4. The third-order valence-corrected chi connectivity index (χ3v) is 4.95. The van der Waals surface area contributed by atoms with Gasteiger partial charge >= 0.3 is 5.97 Å². The second-order valence-corrected chi connectivity index (χ2v) is 7.62. The molecule has 0 saturated heterocycles. The summed E-state index contributed by atoms with van der Waals surface area (Å²) in [6.07, 6.45) is 0. The zero-order valence-corrected chi connectivity index (χ0v) is 18.4. The van der Waals surface area contributed by atoms with Crippen LogP contribution in [-0.4, -0.2) is 30.9 Å². The lowest BCUT2D eigenvalue weighted by Gasteiger charge is -2.13. The van der Waals surface area contributed by atoms with E-state index in [-0.39, 0.29) is 12.5 Å². The highest BCUT2D eigenvalue weighted by molar-refractivity contribution is 5.96. The van der Waals surface area contributed by atoms with Gasteiger partial charge in [-0.05, 0) is 55.2 Å². The van der Waals surface area contributed by atoms with Gasteiger partial charge in [0.2, 0.25) is 5.91 Å². The van der Waals surface area contributed by atoms with E-state index in [1.54, 1.807) is 12.1 Å². The van der Waals surface area contributed by atoms with Gasteiger partial charge in [-0.15, -0.1) is 0 Å². The Morgan fingerprint density at radius 3 is 2.00 bits per heavy atom. The van der Waals surface area contributed by atoms with Crippen LogP contribution in [0.5, 0.6) is 0 Å². The van der Waals surface area contributed by atoms with E-state index >= 15 is 0 Å². The van der Waals surface area contributed by atoms with Crippen molar-refractivity contribution in [1.29, 1.82) is 0 Å². The lowest BCUT2D eigenvalue weighted by Crippen LogP contribution is -2.35. The van der Waals surface area contributed by atoms with Gasteiger partial charge in [0, 0.05) is 5.69 Å². The van der Waals surface area contributed by atoms with Gasteiger partial charge in [0.25, 0.3) is 5.91 Å². The molecule has 0 fully saturated rings. The molecule has 0 aliphatic rings. The number of carbonyl (C=O) groups excluding carboxylic acids is 3. The molecule has 164 valence electrons. The largest absolute Gasteiger partial charge is 0.452 e. The van der Waals surface area contributed by atoms with E-state index in [4.69, 9.17) is 4.74 Å². The molecule has 0 saturated carbocycles. The van der Waals surface area contributed by atoms with Crippen molar-refractivity contribution in [2.24, 2.45) is 0 Å². The number of hydrogen-bond donors (Lipinski definition) is 2. The fourth-order valence-corrected chi connectivity index (χ4v) is 3.43. The van der Waals surface area contributed by atoms with Crippen LogP contribution in [0.1, 0.15) is 27.0 Å². The maximum atomic E-state index is 12.2. The van der Waals surface area contributed by atoms with Crippen LogP contribution in [0, 0.1) is 20.8 Å². The Labute approximate surface area is 187 Å². The Bertz CT molecular complexity index is 1100. The first-order chi connectivity index (χ1) is 15.3. The molecule has 2 amide bonds.